The average Bonchev–Trinajstić information content (AvgIpc) is 2.93. The second-order valence-electron chi connectivity index (χ2n) is 3.77. The van der Waals surface area contributed by atoms with Crippen LogP contribution in [-0.2, 0) is 13.1 Å². The van der Waals surface area contributed by atoms with Gasteiger partial charge >= 0.3 is 0 Å². The van der Waals surface area contributed by atoms with Crippen LogP contribution in [0.15, 0.2) is 24.7 Å². The third-order valence-corrected chi connectivity index (χ3v) is 3.13. The van der Waals surface area contributed by atoms with Crippen LogP contribution < -0.4 is 0 Å². The van der Waals surface area contributed by atoms with Crippen LogP contribution in [0, 0.1) is 4.77 Å². The summed E-state index contributed by atoms with van der Waals surface area (Å²) in [4.78, 5) is 7.37. The maximum atomic E-state index is 5.89. The van der Waals surface area contributed by atoms with Gasteiger partial charge in [0.05, 0.1) is 23.3 Å². The summed E-state index contributed by atoms with van der Waals surface area (Å²) >= 11 is 11.2. The van der Waals surface area contributed by atoms with Crippen LogP contribution in [0.2, 0.25) is 5.02 Å². The first-order valence-electron chi connectivity index (χ1n) is 5.32. The summed E-state index contributed by atoms with van der Waals surface area (Å²) in [5.41, 5.74) is 1.63. The minimum atomic E-state index is 0.585. The molecular formula is C10H9ClN6S. The second-order valence-corrected chi connectivity index (χ2v) is 4.60. The molecule has 0 amide bonds. The number of aromatic nitrogens is 6. The smallest absolute Gasteiger partial charge is 0.179 e. The molecule has 92 valence electrons. The highest BCUT2D eigenvalue weighted by atomic mass is 35.5. The lowest BCUT2D eigenvalue weighted by atomic mass is 10.4. The summed E-state index contributed by atoms with van der Waals surface area (Å²) in [6.45, 7) is 1.36. The molecule has 3 aromatic rings. The van der Waals surface area contributed by atoms with Crippen molar-refractivity contribution in [1.82, 2.24) is 29.5 Å². The molecular weight excluding hydrogens is 272 g/mol. The van der Waals surface area contributed by atoms with Crippen LogP contribution >= 0.6 is 23.8 Å². The van der Waals surface area contributed by atoms with Crippen molar-refractivity contribution in [3.8, 4) is 0 Å². The summed E-state index contributed by atoms with van der Waals surface area (Å²) < 4.78 is 4.29. The van der Waals surface area contributed by atoms with Crippen LogP contribution in [-0.4, -0.2) is 29.5 Å². The fourth-order valence-electron chi connectivity index (χ4n) is 1.78. The SMILES string of the molecule is S=c1[nH]c2cc(Cl)cnc2n1CCn1ccnn1. The highest BCUT2D eigenvalue weighted by molar-refractivity contribution is 7.71. The first-order chi connectivity index (χ1) is 8.74. The molecule has 8 heteroatoms. The number of pyridine rings is 1. The fourth-order valence-corrected chi connectivity index (χ4v) is 2.23. The molecule has 18 heavy (non-hydrogen) atoms. The van der Waals surface area contributed by atoms with Crippen LogP contribution in [0.4, 0.5) is 0 Å². The van der Waals surface area contributed by atoms with Gasteiger partial charge in [-0.2, -0.15) is 0 Å². The van der Waals surface area contributed by atoms with E-state index in [1.165, 1.54) is 0 Å². The number of hydrogen-bond donors (Lipinski definition) is 1. The molecule has 0 bridgehead atoms. The van der Waals surface area contributed by atoms with Gasteiger partial charge in [0.25, 0.3) is 0 Å². The standard InChI is InChI=1S/C10H9ClN6S/c11-7-5-8-9(12-6-7)17(10(18)14-8)4-3-16-2-1-13-15-16/h1-2,5-6H,3-4H2,(H,14,18). The van der Waals surface area contributed by atoms with E-state index < -0.39 is 0 Å². The first-order valence-corrected chi connectivity index (χ1v) is 6.11. The Morgan fingerprint density at radius 3 is 3.06 bits per heavy atom. The molecule has 0 aliphatic carbocycles. The Morgan fingerprint density at radius 2 is 2.28 bits per heavy atom. The average molecular weight is 281 g/mol. The lowest BCUT2D eigenvalue weighted by Gasteiger charge is -2.03. The van der Waals surface area contributed by atoms with Gasteiger partial charge in [-0.1, -0.05) is 16.8 Å². The van der Waals surface area contributed by atoms with Crippen molar-refractivity contribution in [3.05, 3.63) is 34.5 Å². The number of nitrogens with zero attached hydrogens (tertiary/aromatic N) is 5. The zero-order chi connectivity index (χ0) is 12.5. The van der Waals surface area contributed by atoms with Gasteiger partial charge < -0.3 is 4.98 Å². The highest BCUT2D eigenvalue weighted by Gasteiger charge is 2.06. The van der Waals surface area contributed by atoms with E-state index in [-0.39, 0.29) is 0 Å². The number of aromatic amines is 1. The van der Waals surface area contributed by atoms with Gasteiger partial charge in [0.2, 0.25) is 0 Å². The van der Waals surface area contributed by atoms with Crippen molar-refractivity contribution in [1.29, 1.82) is 0 Å². The largest absolute Gasteiger partial charge is 0.329 e. The second kappa shape index (κ2) is 4.51. The molecule has 0 saturated carbocycles. The molecule has 3 aromatic heterocycles. The first kappa shape index (κ1) is 11.4. The van der Waals surface area contributed by atoms with Gasteiger partial charge in [-0.15, -0.1) is 5.10 Å². The Labute approximate surface area is 112 Å². The Morgan fingerprint density at radius 1 is 1.39 bits per heavy atom. The Bertz CT molecular complexity index is 728. The molecule has 6 nitrogen and oxygen atoms in total. The highest BCUT2D eigenvalue weighted by Crippen LogP contribution is 2.16. The van der Waals surface area contributed by atoms with Crippen LogP contribution in [0.1, 0.15) is 0 Å². The van der Waals surface area contributed by atoms with Gasteiger partial charge in [0.1, 0.15) is 0 Å². The van der Waals surface area contributed by atoms with Crippen molar-refractivity contribution in [2.24, 2.45) is 0 Å². The number of hydrogen-bond acceptors (Lipinski definition) is 4. The predicted octanol–water partition coefficient (Wildman–Crippen LogP) is 2.04. The Kier molecular flexibility index (Phi) is 2.85. The van der Waals surface area contributed by atoms with Gasteiger partial charge in [-0.3, -0.25) is 9.25 Å². The predicted molar refractivity (Wildman–Crippen MR) is 69.9 cm³/mol. The van der Waals surface area contributed by atoms with Gasteiger partial charge in [-0.05, 0) is 18.3 Å². The van der Waals surface area contributed by atoms with E-state index in [1.54, 1.807) is 17.1 Å². The van der Waals surface area contributed by atoms with Gasteiger partial charge in [0.15, 0.2) is 10.4 Å². The molecule has 0 aliphatic rings. The molecule has 0 aliphatic heterocycles. The zero-order valence-corrected chi connectivity index (χ0v) is 10.8. The van der Waals surface area contributed by atoms with Gasteiger partial charge in [-0.25, -0.2) is 4.98 Å². The molecule has 0 saturated heterocycles. The maximum Gasteiger partial charge on any atom is 0.179 e. The quantitative estimate of drug-likeness (QED) is 0.746. The van der Waals surface area contributed by atoms with Crippen molar-refractivity contribution in [2.45, 2.75) is 13.1 Å². The maximum absolute atomic E-state index is 5.89. The van der Waals surface area contributed by atoms with E-state index in [0.717, 1.165) is 11.2 Å². The number of nitrogens with one attached hydrogen (secondary N) is 1. The van der Waals surface area contributed by atoms with Crippen molar-refractivity contribution >= 4 is 35.0 Å². The number of fused-ring (bicyclic) bond motifs is 1. The van der Waals surface area contributed by atoms with Crippen molar-refractivity contribution < 1.29 is 0 Å². The van der Waals surface area contributed by atoms with Crippen molar-refractivity contribution in [3.63, 3.8) is 0 Å². The van der Waals surface area contributed by atoms with Crippen molar-refractivity contribution in [2.75, 3.05) is 0 Å². The Hall–Kier alpha value is -1.73. The monoisotopic (exact) mass is 280 g/mol. The molecule has 0 aromatic carbocycles. The van der Waals surface area contributed by atoms with Gasteiger partial charge in [0, 0.05) is 18.9 Å². The summed E-state index contributed by atoms with van der Waals surface area (Å²) in [7, 11) is 0. The minimum Gasteiger partial charge on any atom is -0.329 e. The van der Waals surface area contributed by atoms with E-state index in [0.29, 0.717) is 22.9 Å². The number of H-pyrrole nitrogens is 1. The topological polar surface area (TPSA) is 64.3 Å². The molecule has 3 heterocycles. The summed E-state index contributed by atoms with van der Waals surface area (Å²) in [6.07, 6.45) is 5.06. The van der Waals surface area contributed by atoms with E-state index in [9.17, 15) is 0 Å². The summed E-state index contributed by atoms with van der Waals surface area (Å²) in [5, 5.41) is 8.25. The van der Waals surface area contributed by atoms with E-state index in [2.05, 4.69) is 20.3 Å². The van der Waals surface area contributed by atoms with E-state index >= 15 is 0 Å². The molecule has 0 spiro atoms. The molecule has 1 N–H and O–H groups in total. The number of rotatable bonds is 3. The minimum absolute atomic E-state index is 0.585. The lowest BCUT2D eigenvalue weighted by molar-refractivity contribution is 0.521. The molecule has 0 unspecified atom stereocenters. The summed E-state index contributed by atoms with van der Waals surface area (Å²) in [5.74, 6) is 0. The fraction of sp³-hybridized carbons (Fsp3) is 0.200. The number of imidazole rings is 1. The van der Waals surface area contributed by atoms with Crippen LogP contribution in [0.5, 0.6) is 0 Å². The molecule has 0 fully saturated rings. The van der Waals surface area contributed by atoms with Crippen LogP contribution in [0.25, 0.3) is 11.2 Å². The summed E-state index contributed by atoms with van der Waals surface area (Å²) in [6, 6.07) is 1.81. The van der Waals surface area contributed by atoms with Crippen LogP contribution in [0.3, 0.4) is 0 Å². The number of halogens is 1. The zero-order valence-electron chi connectivity index (χ0n) is 9.25. The van der Waals surface area contributed by atoms with E-state index in [4.69, 9.17) is 23.8 Å². The third-order valence-electron chi connectivity index (χ3n) is 2.60. The molecule has 0 radical (unpaired) electrons. The molecule has 0 atom stereocenters. The Balaban J connectivity index is 1.96. The molecule has 3 rings (SSSR count). The normalized spacial score (nSPS) is 11.2. The van der Waals surface area contributed by atoms with E-state index in [1.807, 2.05) is 16.8 Å². The lowest BCUT2D eigenvalue weighted by Crippen LogP contribution is -2.08. The number of aryl methyl sites for hydroxylation is 2. The third kappa shape index (κ3) is 2.02.